The summed E-state index contributed by atoms with van der Waals surface area (Å²) in [5.74, 6) is -1.28. The maximum atomic E-state index is 12.2. The van der Waals surface area contributed by atoms with E-state index in [0.29, 0.717) is 5.69 Å². The van der Waals surface area contributed by atoms with Crippen LogP contribution in [0.15, 0.2) is 48.5 Å². The number of benzene rings is 2. The van der Waals surface area contributed by atoms with Gasteiger partial charge in [0.15, 0.2) is 0 Å². The van der Waals surface area contributed by atoms with Crippen LogP contribution in [0.2, 0.25) is 0 Å². The normalized spacial score (nSPS) is 9.86. The number of nitrogens with two attached hydrogens (primary N) is 1. The number of ether oxygens (including phenoxy) is 1. The summed E-state index contributed by atoms with van der Waals surface area (Å²) >= 11 is 0. The fourth-order valence-electron chi connectivity index (χ4n) is 1.87. The zero-order valence-electron chi connectivity index (χ0n) is 11.8. The van der Waals surface area contributed by atoms with Crippen LogP contribution in [0.3, 0.4) is 0 Å². The summed E-state index contributed by atoms with van der Waals surface area (Å²) in [4.78, 5) is 34.5. The van der Waals surface area contributed by atoms with Crippen molar-refractivity contribution in [1.82, 2.24) is 0 Å². The second kappa shape index (κ2) is 6.53. The molecule has 6 nitrogen and oxygen atoms in total. The summed E-state index contributed by atoms with van der Waals surface area (Å²) in [5.41, 5.74) is 6.08. The molecule has 3 N–H and O–H groups in total. The van der Waals surface area contributed by atoms with Gasteiger partial charge in [-0.15, -0.1) is 0 Å². The van der Waals surface area contributed by atoms with Crippen LogP contribution in [0.4, 0.5) is 5.69 Å². The number of primary amides is 1. The van der Waals surface area contributed by atoms with Crippen molar-refractivity contribution in [1.29, 1.82) is 0 Å². The van der Waals surface area contributed by atoms with E-state index in [1.54, 1.807) is 36.4 Å². The zero-order chi connectivity index (χ0) is 16.1. The van der Waals surface area contributed by atoms with E-state index in [2.05, 4.69) is 5.32 Å². The molecule has 0 aliphatic heterocycles. The summed E-state index contributed by atoms with van der Waals surface area (Å²) in [6, 6.07) is 12.6. The fraction of sp³-hybridized carbons (Fsp3) is 0.0625. The van der Waals surface area contributed by atoms with Gasteiger partial charge in [-0.3, -0.25) is 14.4 Å². The molecule has 2 aromatic carbocycles. The highest BCUT2D eigenvalue weighted by atomic mass is 16.5. The minimum atomic E-state index is -0.635. The second-order valence-corrected chi connectivity index (χ2v) is 4.49. The van der Waals surface area contributed by atoms with Gasteiger partial charge in [-0.25, -0.2) is 0 Å². The molecule has 22 heavy (non-hydrogen) atoms. The largest absolute Gasteiger partial charge is 0.427 e. The van der Waals surface area contributed by atoms with Crippen LogP contribution in [-0.2, 0) is 4.79 Å². The van der Waals surface area contributed by atoms with Gasteiger partial charge in [0.2, 0.25) is 0 Å². The molecular weight excluding hydrogens is 284 g/mol. The van der Waals surface area contributed by atoms with Crippen molar-refractivity contribution in [3.8, 4) is 5.75 Å². The predicted molar refractivity (Wildman–Crippen MR) is 80.7 cm³/mol. The van der Waals surface area contributed by atoms with Gasteiger partial charge in [-0.05, 0) is 30.3 Å². The molecule has 2 amide bonds. The summed E-state index contributed by atoms with van der Waals surface area (Å²) in [5, 5.41) is 2.61. The van der Waals surface area contributed by atoms with Crippen molar-refractivity contribution < 1.29 is 19.1 Å². The minimum Gasteiger partial charge on any atom is -0.427 e. The Morgan fingerprint density at radius 3 is 2.45 bits per heavy atom. The summed E-state index contributed by atoms with van der Waals surface area (Å²) in [6.45, 7) is 1.27. The number of esters is 1. The Kier molecular flexibility index (Phi) is 4.53. The number of carbonyl (C=O) groups excluding carboxylic acids is 3. The second-order valence-electron chi connectivity index (χ2n) is 4.49. The Labute approximate surface area is 126 Å². The quantitative estimate of drug-likeness (QED) is 0.666. The van der Waals surface area contributed by atoms with Crippen LogP contribution in [0.1, 0.15) is 27.6 Å². The maximum absolute atomic E-state index is 12.2. The van der Waals surface area contributed by atoms with Gasteiger partial charge in [0, 0.05) is 12.5 Å². The molecular formula is C16H14N2O4. The van der Waals surface area contributed by atoms with Gasteiger partial charge in [0.25, 0.3) is 11.8 Å². The third-order valence-electron chi connectivity index (χ3n) is 2.80. The molecule has 0 unspecified atom stereocenters. The van der Waals surface area contributed by atoms with Gasteiger partial charge >= 0.3 is 5.97 Å². The Morgan fingerprint density at radius 1 is 1.05 bits per heavy atom. The molecule has 2 aromatic rings. The van der Waals surface area contributed by atoms with Gasteiger partial charge < -0.3 is 15.8 Å². The summed E-state index contributed by atoms with van der Waals surface area (Å²) in [6.07, 6.45) is 0. The number of amides is 2. The van der Waals surface area contributed by atoms with Gasteiger partial charge in [0.05, 0.1) is 11.3 Å². The Morgan fingerprint density at radius 2 is 1.77 bits per heavy atom. The van der Waals surface area contributed by atoms with E-state index < -0.39 is 17.8 Å². The number of hydrogen-bond acceptors (Lipinski definition) is 4. The molecule has 0 radical (unpaired) electrons. The van der Waals surface area contributed by atoms with E-state index in [1.807, 2.05) is 0 Å². The van der Waals surface area contributed by atoms with Gasteiger partial charge in [-0.1, -0.05) is 18.2 Å². The molecule has 0 heterocycles. The average Bonchev–Trinajstić information content (AvgIpc) is 2.47. The van der Waals surface area contributed by atoms with Crippen molar-refractivity contribution in [2.45, 2.75) is 6.92 Å². The first-order valence-electron chi connectivity index (χ1n) is 6.46. The van der Waals surface area contributed by atoms with Crippen LogP contribution >= 0.6 is 0 Å². The number of nitrogens with one attached hydrogen (secondary N) is 1. The lowest BCUT2D eigenvalue weighted by molar-refractivity contribution is -0.131. The molecule has 0 spiro atoms. The lowest BCUT2D eigenvalue weighted by Gasteiger charge is -2.09. The van der Waals surface area contributed by atoms with Gasteiger partial charge in [-0.2, -0.15) is 0 Å². The van der Waals surface area contributed by atoms with Crippen molar-refractivity contribution in [3.63, 3.8) is 0 Å². The van der Waals surface area contributed by atoms with Crippen molar-refractivity contribution in [2.24, 2.45) is 5.73 Å². The third-order valence-corrected chi connectivity index (χ3v) is 2.80. The SMILES string of the molecule is CC(=O)Oc1cccc(C(=O)Nc2ccccc2C(N)=O)c1. The van der Waals surface area contributed by atoms with E-state index in [4.69, 9.17) is 10.5 Å². The highest BCUT2D eigenvalue weighted by Crippen LogP contribution is 2.18. The van der Waals surface area contributed by atoms with Crippen LogP contribution < -0.4 is 15.8 Å². The average molecular weight is 298 g/mol. The molecule has 0 aliphatic rings. The molecule has 2 rings (SSSR count). The predicted octanol–water partition coefficient (Wildman–Crippen LogP) is 1.96. The third kappa shape index (κ3) is 3.69. The Balaban J connectivity index is 2.23. The Hall–Kier alpha value is -3.15. The minimum absolute atomic E-state index is 0.215. The molecule has 112 valence electrons. The lowest BCUT2D eigenvalue weighted by Crippen LogP contribution is -2.18. The molecule has 0 aromatic heterocycles. The molecule has 0 atom stereocenters. The van der Waals surface area contributed by atoms with Crippen LogP contribution in [0.5, 0.6) is 5.75 Å². The topological polar surface area (TPSA) is 98.5 Å². The van der Waals surface area contributed by atoms with Crippen LogP contribution in [-0.4, -0.2) is 17.8 Å². The van der Waals surface area contributed by atoms with E-state index in [0.717, 1.165) is 0 Å². The zero-order valence-corrected chi connectivity index (χ0v) is 11.8. The first-order chi connectivity index (χ1) is 10.5. The lowest BCUT2D eigenvalue weighted by atomic mass is 10.1. The molecule has 0 fully saturated rings. The molecule has 0 saturated heterocycles. The smallest absolute Gasteiger partial charge is 0.308 e. The monoisotopic (exact) mass is 298 g/mol. The van der Waals surface area contributed by atoms with E-state index in [-0.39, 0.29) is 16.9 Å². The van der Waals surface area contributed by atoms with Gasteiger partial charge in [0.1, 0.15) is 5.75 Å². The number of hydrogen-bond donors (Lipinski definition) is 2. The van der Waals surface area contributed by atoms with Crippen LogP contribution in [0, 0.1) is 0 Å². The highest BCUT2D eigenvalue weighted by Gasteiger charge is 2.12. The number of carbonyl (C=O) groups is 3. The van der Waals surface area contributed by atoms with Crippen molar-refractivity contribution in [2.75, 3.05) is 5.32 Å². The molecule has 0 aliphatic carbocycles. The fourth-order valence-corrected chi connectivity index (χ4v) is 1.87. The van der Waals surface area contributed by atoms with E-state index in [1.165, 1.54) is 19.1 Å². The molecule has 0 bridgehead atoms. The van der Waals surface area contributed by atoms with Crippen molar-refractivity contribution in [3.05, 3.63) is 59.7 Å². The summed E-state index contributed by atoms with van der Waals surface area (Å²) in [7, 11) is 0. The first-order valence-corrected chi connectivity index (χ1v) is 6.46. The van der Waals surface area contributed by atoms with Crippen LogP contribution in [0.25, 0.3) is 0 Å². The molecule has 6 heteroatoms. The standard InChI is InChI=1S/C16H14N2O4/c1-10(19)22-12-6-4-5-11(9-12)16(21)18-14-8-3-2-7-13(14)15(17)20/h2-9H,1H3,(H2,17,20)(H,18,21). The number of rotatable bonds is 4. The highest BCUT2D eigenvalue weighted by molar-refractivity contribution is 6.08. The van der Waals surface area contributed by atoms with E-state index in [9.17, 15) is 14.4 Å². The Bertz CT molecular complexity index is 740. The number of anilines is 1. The number of para-hydroxylation sites is 1. The van der Waals surface area contributed by atoms with Crippen molar-refractivity contribution >= 4 is 23.5 Å². The summed E-state index contributed by atoms with van der Waals surface area (Å²) < 4.78 is 4.92. The van der Waals surface area contributed by atoms with E-state index >= 15 is 0 Å². The first kappa shape index (κ1) is 15.2. The molecule has 0 saturated carbocycles. The maximum Gasteiger partial charge on any atom is 0.308 e.